The third kappa shape index (κ3) is 7.38. The Morgan fingerprint density at radius 1 is 0.974 bits per heavy atom. The number of carbonyl (C=O) groups is 2. The van der Waals surface area contributed by atoms with Gasteiger partial charge in [-0.15, -0.1) is 0 Å². The van der Waals surface area contributed by atoms with Gasteiger partial charge in [-0.1, -0.05) is 36.4 Å². The summed E-state index contributed by atoms with van der Waals surface area (Å²) in [5.41, 5.74) is 0.0604. The molecule has 0 aliphatic rings. The average molecular weight is 557 g/mol. The van der Waals surface area contributed by atoms with Crippen LogP contribution in [0.4, 0.5) is 15.8 Å². The monoisotopic (exact) mass is 556 g/mol. The van der Waals surface area contributed by atoms with Crippen LogP contribution in [-0.2, 0) is 26.2 Å². The van der Waals surface area contributed by atoms with Crippen LogP contribution < -0.4 is 9.62 Å². The first-order valence-corrected chi connectivity index (χ1v) is 13.5. The Bertz CT molecular complexity index is 1430. The first kappa shape index (κ1) is 29.2. The number of hydrogen-bond acceptors (Lipinski definition) is 6. The van der Waals surface area contributed by atoms with E-state index in [-0.39, 0.29) is 28.9 Å². The second kappa shape index (κ2) is 12.5. The van der Waals surface area contributed by atoms with Gasteiger partial charge in [0.15, 0.2) is 0 Å². The van der Waals surface area contributed by atoms with Gasteiger partial charge in [-0.3, -0.25) is 24.0 Å². The van der Waals surface area contributed by atoms with Gasteiger partial charge >= 0.3 is 0 Å². The molecule has 10 nitrogen and oxygen atoms in total. The topological polar surface area (TPSA) is 130 Å². The highest BCUT2D eigenvalue weighted by Gasteiger charge is 2.33. The van der Waals surface area contributed by atoms with E-state index in [1.165, 1.54) is 78.6 Å². The second-order valence-electron chi connectivity index (χ2n) is 9.09. The van der Waals surface area contributed by atoms with Crippen LogP contribution in [0.2, 0.25) is 0 Å². The largest absolute Gasteiger partial charge is 0.352 e. The molecule has 3 rings (SSSR count). The number of nitrogens with one attached hydrogen (secondary N) is 1. The van der Waals surface area contributed by atoms with E-state index in [2.05, 4.69) is 5.32 Å². The highest BCUT2D eigenvalue weighted by Crippen LogP contribution is 2.27. The molecule has 3 aromatic carbocycles. The fourth-order valence-electron chi connectivity index (χ4n) is 3.78. The molecule has 1 atom stereocenters. The molecule has 3 aromatic rings. The molecule has 0 bridgehead atoms. The van der Waals surface area contributed by atoms with Gasteiger partial charge in [-0.25, -0.2) is 12.8 Å². The summed E-state index contributed by atoms with van der Waals surface area (Å²) in [7, 11) is -4.36. The molecule has 12 heteroatoms. The number of non-ortho nitro benzene ring substituents is 1. The molecular weight excluding hydrogens is 527 g/mol. The van der Waals surface area contributed by atoms with Crippen molar-refractivity contribution in [3.63, 3.8) is 0 Å². The van der Waals surface area contributed by atoms with Gasteiger partial charge in [0.25, 0.3) is 15.7 Å². The van der Waals surface area contributed by atoms with E-state index >= 15 is 0 Å². The normalized spacial score (nSPS) is 12.0. The lowest BCUT2D eigenvalue weighted by molar-refractivity contribution is -0.384. The first-order chi connectivity index (χ1) is 18.4. The summed E-state index contributed by atoms with van der Waals surface area (Å²) < 4.78 is 41.6. The van der Waals surface area contributed by atoms with Crippen molar-refractivity contribution in [2.75, 3.05) is 10.8 Å². The Labute approximate surface area is 226 Å². The maximum Gasteiger partial charge on any atom is 0.271 e. The quantitative estimate of drug-likeness (QED) is 0.282. The summed E-state index contributed by atoms with van der Waals surface area (Å²) in [6.45, 7) is 4.15. The van der Waals surface area contributed by atoms with E-state index in [0.717, 1.165) is 10.4 Å². The van der Waals surface area contributed by atoms with E-state index in [1.807, 2.05) is 0 Å². The number of nitro benzene ring substituents is 1. The zero-order chi connectivity index (χ0) is 28.7. The number of hydrogen-bond donors (Lipinski definition) is 1. The molecule has 0 aliphatic carbocycles. The molecule has 2 amide bonds. The van der Waals surface area contributed by atoms with Gasteiger partial charge in [0.2, 0.25) is 11.8 Å². The number of carbonyl (C=O) groups excluding carboxylic acids is 2. The lowest BCUT2D eigenvalue weighted by Gasteiger charge is -2.32. The maximum atomic E-state index is 13.8. The maximum absolute atomic E-state index is 13.8. The molecular formula is C27H29FN4O6S. The summed E-state index contributed by atoms with van der Waals surface area (Å²) in [4.78, 5) is 38.4. The van der Waals surface area contributed by atoms with E-state index in [1.54, 1.807) is 19.9 Å². The van der Waals surface area contributed by atoms with Gasteiger partial charge in [-0.2, -0.15) is 0 Å². The molecule has 0 fully saturated rings. The van der Waals surface area contributed by atoms with Crippen molar-refractivity contribution in [3.05, 3.63) is 100 Å². The summed E-state index contributed by atoms with van der Waals surface area (Å²) in [5, 5.41) is 14.1. The fraction of sp³-hybridized carbons (Fsp3) is 0.259. The van der Waals surface area contributed by atoms with Crippen molar-refractivity contribution in [1.82, 2.24) is 10.2 Å². The van der Waals surface area contributed by atoms with Crippen molar-refractivity contribution >= 4 is 33.2 Å². The summed E-state index contributed by atoms with van der Waals surface area (Å²) >= 11 is 0. The smallest absolute Gasteiger partial charge is 0.271 e. The third-order valence-electron chi connectivity index (χ3n) is 5.80. The first-order valence-electron chi connectivity index (χ1n) is 12.1. The lowest BCUT2D eigenvalue weighted by Crippen LogP contribution is -2.52. The van der Waals surface area contributed by atoms with Crippen LogP contribution in [0.1, 0.15) is 26.3 Å². The van der Waals surface area contributed by atoms with Gasteiger partial charge in [0, 0.05) is 24.7 Å². The van der Waals surface area contributed by atoms with Gasteiger partial charge in [-0.05, 0) is 56.7 Å². The summed E-state index contributed by atoms with van der Waals surface area (Å²) in [6, 6.07) is 16.4. The van der Waals surface area contributed by atoms with Crippen molar-refractivity contribution in [2.24, 2.45) is 0 Å². The molecule has 0 aromatic heterocycles. The number of anilines is 1. The van der Waals surface area contributed by atoms with Crippen LogP contribution in [0.25, 0.3) is 0 Å². The van der Waals surface area contributed by atoms with Gasteiger partial charge in [0.1, 0.15) is 18.4 Å². The minimum Gasteiger partial charge on any atom is -0.352 e. The predicted molar refractivity (Wildman–Crippen MR) is 144 cm³/mol. The zero-order valence-electron chi connectivity index (χ0n) is 21.7. The van der Waals surface area contributed by atoms with Crippen molar-refractivity contribution in [1.29, 1.82) is 0 Å². The third-order valence-corrected chi connectivity index (χ3v) is 7.59. The molecule has 0 aliphatic heterocycles. The molecule has 0 unspecified atom stereocenters. The predicted octanol–water partition coefficient (Wildman–Crippen LogP) is 3.87. The van der Waals surface area contributed by atoms with Crippen LogP contribution in [0, 0.1) is 15.9 Å². The number of nitro groups is 1. The van der Waals surface area contributed by atoms with E-state index in [9.17, 15) is 32.5 Å². The number of halogens is 1. The molecule has 0 spiro atoms. The Kier molecular flexibility index (Phi) is 9.36. The van der Waals surface area contributed by atoms with Crippen LogP contribution in [0.5, 0.6) is 0 Å². The molecule has 39 heavy (non-hydrogen) atoms. The molecule has 0 heterocycles. The highest BCUT2D eigenvalue weighted by atomic mass is 32.2. The Hall–Kier alpha value is -4.32. The standard InChI is InChI=1S/C27H29FN4O6S/c1-19(2)29-27(34)20(3)30(17-21-12-14-22(28)15-13-21)26(33)18-31(23-8-7-9-24(16-23)32(35)36)39(37,38)25-10-5-4-6-11-25/h4-16,19-20H,17-18H2,1-3H3,(H,29,34)/t20-/m1/s1. The number of benzene rings is 3. The van der Waals surface area contributed by atoms with Crippen LogP contribution >= 0.6 is 0 Å². The number of nitrogens with zero attached hydrogens (tertiary/aromatic N) is 3. The SMILES string of the molecule is CC(C)NC(=O)[C@@H](C)N(Cc1ccc(F)cc1)C(=O)CN(c1cccc([N+](=O)[O-])c1)S(=O)(=O)c1ccccc1. The molecule has 1 N–H and O–H groups in total. The zero-order valence-corrected chi connectivity index (χ0v) is 22.5. The molecule has 0 saturated heterocycles. The van der Waals surface area contributed by atoms with E-state index < -0.39 is 45.2 Å². The Balaban J connectivity index is 2.06. The minimum absolute atomic E-state index is 0.0950. The number of sulfonamides is 1. The van der Waals surface area contributed by atoms with Crippen molar-refractivity contribution < 1.29 is 27.3 Å². The van der Waals surface area contributed by atoms with E-state index in [0.29, 0.717) is 5.56 Å². The highest BCUT2D eigenvalue weighted by molar-refractivity contribution is 7.92. The minimum atomic E-state index is -4.36. The Morgan fingerprint density at radius 3 is 2.21 bits per heavy atom. The van der Waals surface area contributed by atoms with E-state index in [4.69, 9.17) is 0 Å². The molecule has 0 radical (unpaired) electrons. The number of amides is 2. The lowest BCUT2D eigenvalue weighted by atomic mass is 10.1. The summed E-state index contributed by atoms with van der Waals surface area (Å²) in [6.07, 6.45) is 0. The fourth-order valence-corrected chi connectivity index (χ4v) is 5.21. The molecule has 0 saturated carbocycles. The number of rotatable bonds is 11. The van der Waals surface area contributed by atoms with Gasteiger partial charge in [0.05, 0.1) is 15.5 Å². The second-order valence-corrected chi connectivity index (χ2v) is 11.0. The van der Waals surface area contributed by atoms with Crippen LogP contribution in [0.15, 0.2) is 83.8 Å². The summed E-state index contributed by atoms with van der Waals surface area (Å²) in [5.74, 6) is -1.68. The van der Waals surface area contributed by atoms with Crippen LogP contribution in [-0.4, -0.2) is 48.7 Å². The van der Waals surface area contributed by atoms with Gasteiger partial charge < -0.3 is 10.2 Å². The molecule has 206 valence electrons. The van der Waals surface area contributed by atoms with Crippen molar-refractivity contribution in [2.45, 2.75) is 44.3 Å². The average Bonchev–Trinajstić information content (AvgIpc) is 2.91. The Morgan fingerprint density at radius 2 is 1.62 bits per heavy atom. The van der Waals surface area contributed by atoms with Crippen molar-refractivity contribution in [3.8, 4) is 0 Å². The van der Waals surface area contributed by atoms with Crippen LogP contribution in [0.3, 0.4) is 0 Å².